The van der Waals surface area contributed by atoms with Crippen LogP contribution in [-0.2, 0) is 12.0 Å². The van der Waals surface area contributed by atoms with Crippen LogP contribution < -0.4 is 15.5 Å². The van der Waals surface area contributed by atoms with Crippen LogP contribution in [0, 0.1) is 28.4 Å². The number of nitrogens with zero attached hydrogens (tertiary/aromatic N) is 7. The number of para-hydroxylation sites is 1. The Kier molecular flexibility index (Phi) is 7.19. The molecule has 0 saturated heterocycles. The largest absolute Gasteiger partial charge is 0.346 e. The van der Waals surface area contributed by atoms with Gasteiger partial charge in [0.05, 0.1) is 52.2 Å². The normalized spacial score (nSPS) is 20.0. The number of fused-ring (bicyclic) bond motifs is 2. The van der Waals surface area contributed by atoms with Gasteiger partial charge in [0.25, 0.3) is 5.69 Å². The Balaban J connectivity index is 1.79. The first-order valence-corrected chi connectivity index (χ1v) is 16.3. The number of hydrogen-bond donors (Lipinski definition) is 0. The van der Waals surface area contributed by atoms with E-state index in [0.717, 1.165) is 33.0 Å². The van der Waals surface area contributed by atoms with Crippen molar-refractivity contribution in [3.63, 3.8) is 0 Å². The quantitative estimate of drug-likeness (QED) is 0.125. The molecule has 0 spiro atoms. The summed E-state index contributed by atoms with van der Waals surface area (Å²) in [6.07, 6.45) is 2.24. The van der Waals surface area contributed by atoms with Gasteiger partial charge in [-0.3, -0.25) is 14.9 Å². The van der Waals surface area contributed by atoms with Gasteiger partial charge in [-0.1, -0.05) is 62.4 Å². The van der Waals surface area contributed by atoms with E-state index in [0.29, 0.717) is 28.9 Å². The average Bonchev–Trinajstić information content (AvgIpc) is 3.42. The topological polar surface area (TPSA) is 113 Å². The maximum atomic E-state index is 11.6. The number of allylic oxidation sites excluding steroid dienone is 2. The third-order valence-corrected chi connectivity index (χ3v) is 12.5. The zero-order chi connectivity index (χ0) is 30.5. The lowest BCUT2D eigenvalue weighted by Crippen LogP contribution is -2.30. The van der Waals surface area contributed by atoms with Crippen molar-refractivity contribution in [2.24, 2.45) is 9.74 Å². The molecule has 3 aromatic carbocycles. The van der Waals surface area contributed by atoms with Gasteiger partial charge in [-0.05, 0) is 46.6 Å². The third kappa shape index (κ3) is 4.46. The summed E-state index contributed by atoms with van der Waals surface area (Å²) in [5.74, 6) is 0.690. The van der Waals surface area contributed by atoms with Crippen LogP contribution >= 0.6 is 23.0 Å². The monoisotopic (exact) mass is 653 g/mol. The molecule has 11 heteroatoms. The molecule has 2 aliphatic heterocycles. The zero-order valence-corrected chi connectivity index (χ0v) is 26.7. The van der Waals surface area contributed by atoms with E-state index >= 15 is 0 Å². The van der Waals surface area contributed by atoms with E-state index in [1.54, 1.807) is 12.1 Å². The van der Waals surface area contributed by atoms with Gasteiger partial charge in [-0.2, -0.15) is 10.4 Å². The van der Waals surface area contributed by atoms with E-state index < -0.39 is 12.0 Å². The lowest BCUT2D eigenvalue weighted by Gasteiger charge is -2.35. The fourth-order valence-electron chi connectivity index (χ4n) is 6.33. The van der Waals surface area contributed by atoms with E-state index in [9.17, 15) is 15.4 Å². The van der Waals surface area contributed by atoms with E-state index in [1.807, 2.05) is 42.1 Å². The molecule has 6 rings (SSSR count). The summed E-state index contributed by atoms with van der Waals surface area (Å²) in [5.41, 5.74) is 4.43. The molecule has 0 amide bonds. The first-order chi connectivity index (χ1) is 20.6. The number of rotatable bonds is 5. The number of hydrogen-bond acceptors (Lipinski definition) is 7. The van der Waals surface area contributed by atoms with Crippen molar-refractivity contribution in [1.29, 1.82) is 5.26 Å². The molecule has 4 aromatic rings. The molecule has 1 atom stereocenters. The minimum atomic E-state index is -2.91. The Morgan fingerprint density at radius 3 is 2.51 bits per heavy atom. The summed E-state index contributed by atoms with van der Waals surface area (Å²) >= 11 is 3.41. The summed E-state index contributed by atoms with van der Waals surface area (Å²) in [6.45, 7) is 6.84. The first kappa shape index (κ1) is 28.8. The van der Waals surface area contributed by atoms with E-state index in [2.05, 4.69) is 78.1 Å². The number of aryl methyl sites for hydroxylation is 2. The Morgan fingerprint density at radius 2 is 1.84 bits per heavy atom. The molecule has 0 radical (unpaired) electrons. The summed E-state index contributed by atoms with van der Waals surface area (Å²) in [6, 6.07) is 25.8. The average molecular weight is 655 g/mol. The van der Waals surface area contributed by atoms with Crippen molar-refractivity contribution in [2.75, 3.05) is 11.9 Å². The molecular formula is C32H29BrN7O2P. The van der Waals surface area contributed by atoms with E-state index in [-0.39, 0.29) is 11.1 Å². The van der Waals surface area contributed by atoms with E-state index in [1.165, 1.54) is 11.6 Å². The van der Waals surface area contributed by atoms with Crippen LogP contribution in [0.4, 0.5) is 22.9 Å². The second-order valence-corrected chi connectivity index (χ2v) is 14.8. The predicted molar refractivity (Wildman–Crippen MR) is 176 cm³/mol. The van der Waals surface area contributed by atoms with Gasteiger partial charge >= 0.3 is 0 Å². The Hall–Kier alpha value is -4.32. The lowest BCUT2D eigenvalue weighted by atomic mass is 9.84. The maximum absolute atomic E-state index is 11.6. The highest BCUT2D eigenvalue weighted by Gasteiger charge is 2.47. The fraction of sp³-hybridized carbons (Fsp3) is 0.219. The summed E-state index contributed by atoms with van der Waals surface area (Å²) in [5, 5.41) is 28.8. The van der Waals surface area contributed by atoms with Crippen molar-refractivity contribution in [3.8, 4) is 6.07 Å². The zero-order valence-electron chi connectivity index (χ0n) is 24.2. The summed E-state index contributed by atoms with van der Waals surface area (Å²) in [7, 11) is -0.823. The number of halogens is 1. The van der Waals surface area contributed by atoms with Crippen LogP contribution in [0.3, 0.4) is 0 Å². The summed E-state index contributed by atoms with van der Waals surface area (Å²) < 4.78 is 7.80. The van der Waals surface area contributed by atoms with E-state index in [4.69, 9.17) is 14.8 Å². The standard InChI is InChI=1S/C32H29BrN7O2P/c1-21-29-31(39(36-21)18-10-17-34)35-20-28(30-32(2,3)24-13-8-9-14-26(24)38(30)4)43(29,23-11-6-5-7-12-23)37-22-15-16-27(40(41)42)25(33)19-22/h5-9,11-16,19-20H,10,18H2,1-4H3/b30-28+. The number of nitro groups is 1. The predicted octanol–water partition coefficient (Wildman–Crippen LogP) is 7.61. The van der Waals surface area contributed by atoms with Gasteiger partial charge in [0, 0.05) is 46.7 Å². The van der Waals surface area contributed by atoms with Gasteiger partial charge < -0.3 is 4.90 Å². The number of likely N-dealkylation sites (N-methyl/N-ethyl adjacent to an activating group) is 1. The number of nitro benzene ring substituents is 1. The van der Waals surface area contributed by atoms with Crippen LogP contribution in [-0.4, -0.2) is 28.0 Å². The minimum absolute atomic E-state index is 0.0249. The van der Waals surface area contributed by atoms with Crippen molar-refractivity contribution in [1.82, 2.24) is 9.78 Å². The maximum Gasteiger partial charge on any atom is 0.283 e. The number of aromatic nitrogens is 2. The lowest BCUT2D eigenvalue weighted by molar-refractivity contribution is -0.385. The molecule has 43 heavy (non-hydrogen) atoms. The molecule has 1 aromatic heterocycles. The van der Waals surface area contributed by atoms with Gasteiger partial charge in [0.2, 0.25) is 0 Å². The molecule has 0 N–H and O–H groups in total. The number of nitriles is 1. The van der Waals surface area contributed by atoms with Gasteiger partial charge in [0.15, 0.2) is 5.82 Å². The van der Waals surface area contributed by atoms with Crippen molar-refractivity contribution < 1.29 is 4.92 Å². The SMILES string of the molecule is Cc1nn(CCC#N)c2c1P(=Nc1ccc([N+](=O)[O-])c(Br)c1)(c1ccccc1)/C(=C1/N(C)c3ccccc3C1(C)C)C=N2. The molecule has 0 fully saturated rings. The van der Waals surface area contributed by atoms with Gasteiger partial charge in [-0.15, -0.1) is 0 Å². The Labute approximate surface area is 258 Å². The van der Waals surface area contributed by atoms with Crippen LogP contribution in [0.2, 0.25) is 0 Å². The van der Waals surface area contributed by atoms with Crippen molar-refractivity contribution in [2.45, 2.75) is 39.2 Å². The molecule has 9 nitrogen and oxygen atoms in total. The van der Waals surface area contributed by atoms with Crippen LogP contribution in [0.5, 0.6) is 0 Å². The minimum Gasteiger partial charge on any atom is -0.346 e. The van der Waals surface area contributed by atoms with Gasteiger partial charge in [-0.25, -0.2) is 9.67 Å². The molecule has 2 aliphatic rings. The number of anilines is 1. The van der Waals surface area contributed by atoms with Crippen LogP contribution in [0.15, 0.2) is 98.0 Å². The highest BCUT2D eigenvalue weighted by atomic mass is 79.9. The molecule has 0 aliphatic carbocycles. The smallest absolute Gasteiger partial charge is 0.283 e. The molecule has 0 saturated carbocycles. The second-order valence-electron chi connectivity index (χ2n) is 11.0. The summed E-state index contributed by atoms with van der Waals surface area (Å²) in [4.78, 5) is 18.5. The van der Waals surface area contributed by atoms with Gasteiger partial charge in [0.1, 0.15) is 0 Å². The fourth-order valence-corrected chi connectivity index (χ4v) is 10.9. The molecule has 0 bridgehead atoms. The Bertz CT molecular complexity index is 1950. The molecule has 216 valence electrons. The molecular weight excluding hydrogens is 625 g/mol. The van der Waals surface area contributed by atoms with Crippen LogP contribution in [0.1, 0.15) is 31.5 Å². The Morgan fingerprint density at radius 1 is 1.12 bits per heavy atom. The highest BCUT2D eigenvalue weighted by Crippen LogP contribution is 2.64. The first-order valence-electron chi connectivity index (χ1n) is 13.8. The number of aliphatic imine (C=N–C) groups is 1. The van der Waals surface area contributed by atoms with Crippen LogP contribution in [0.25, 0.3) is 0 Å². The second kappa shape index (κ2) is 10.7. The molecule has 1 unspecified atom stereocenters. The third-order valence-electron chi connectivity index (χ3n) is 8.12. The van der Waals surface area contributed by atoms with Crippen molar-refractivity contribution in [3.05, 3.63) is 110 Å². The number of benzene rings is 3. The molecule has 3 heterocycles. The van der Waals surface area contributed by atoms with Crippen molar-refractivity contribution >= 4 is 62.7 Å². The highest BCUT2D eigenvalue weighted by molar-refractivity contribution is 9.10.